The van der Waals surface area contributed by atoms with Crippen LogP contribution in [0.15, 0.2) is 42.5 Å². The van der Waals surface area contributed by atoms with Crippen molar-refractivity contribution in [3.8, 4) is 0 Å². The third-order valence-corrected chi connectivity index (χ3v) is 5.51. The molecule has 1 N–H and O–H groups in total. The van der Waals surface area contributed by atoms with Gasteiger partial charge in [-0.3, -0.25) is 9.69 Å². The Bertz CT molecular complexity index is 754. The number of nitrogens with one attached hydrogen (secondary N) is 1. The van der Waals surface area contributed by atoms with Gasteiger partial charge < -0.3 is 5.32 Å². The number of anilines is 1. The van der Waals surface area contributed by atoms with Gasteiger partial charge in [0.25, 0.3) is 0 Å². The van der Waals surface area contributed by atoms with Crippen LogP contribution in [0.1, 0.15) is 17.2 Å². The minimum Gasteiger partial charge on any atom is -0.322 e. The summed E-state index contributed by atoms with van der Waals surface area (Å²) in [5.74, 6) is 1.22. The van der Waals surface area contributed by atoms with Crippen LogP contribution in [-0.2, 0) is 4.79 Å². The van der Waals surface area contributed by atoms with Crippen molar-refractivity contribution in [1.82, 2.24) is 4.90 Å². The molecule has 2 aromatic carbocycles. The van der Waals surface area contributed by atoms with Gasteiger partial charge in [0.1, 0.15) is 5.82 Å². The molecule has 1 amide bonds. The largest absolute Gasteiger partial charge is 0.322 e. The number of thioether (sulfide) groups is 1. The lowest BCUT2D eigenvalue weighted by molar-refractivity contribution is -0.117. The summed E-state index contributed by atoms with van der Waals surface area (Å²) in [5, 5.41) is 3.02. The topological polar surface area (TPSA) is 32.3 Å². The molecule has 0 aromatic heterocycles. The van der Waals surface area contributed by atoms with Gasteiger partial charge in [-0.2, -0.15) is 11.8 Å². The summed E-state index contributed by atoms with van der Waals surface area (Å²) >= 11 is 7.77. The number of aryl methyl sites for hydroxylation is 1. The van der Waals surface area contributed by atoms with E-state index in [-0.39, 0.29) is 24.2 Å². The lowest BCUT2D eigenvalue weighted by atomic mass is 10.0. The van der Waals surface area contributed by atoms with Gasteiger partial charge in [-0.1, -0.05) is 41.4 Å². The van der Waals surface area contributed by atoms with E-state index in [1.807, 2.05) is 11.8 Å². The van der Waals surface area contributed by atoms with Crippen LogP contribution in [0, 0.1) is 12.7 Å². The Hall–Kier alpha value is -1.56. The third-order valence-electron chi connectivity index (χ3n) is 4.25. The summed E-state index contributed by atoms with van der Waals surface area (Å²) in [7, 11) is 0. The average Bonchev–Trinajstić information content (AvgIpc) is 2.59. The summed E-state index contributed by atoms with van der Waals surface area (Å²) in [6, 6.07) is 12.8. The maximum Gasteiger partial charge on any atom is 0.238 e. The molecule has 1 aliphatic rings. The van der Waals surface area contributed by atoms with Crippen molar-refractivity contribution in [3.05, 3.63) is 64.4 Å². The van der Waals surface area contributed by atoms with E-state index in [0.717, 1.165) is 18.1 Å². The first-order valence-electron chi connectivity index (χ1n) is 8.16. The molecule has 1 fully saturated rings. The van der Waals surface area contributed by atoms with Crippen LogP contribution >= 0.6 is 23.4 Å². The number of carbonyl (C=O) groups is 1. The second kappa shape index (κ2) is 8.21. The highest BCUT2D eigenvalue weighted by molar-refractivity contribution is 7.99. The molecular formula is C19H20ClFN2OS. The third kappa shape index (κ3) is 4.75. The van der Waals surface area contributed by atoms with Crippen LogP contribution in [-0.4, -0.2) is 35.4 Å². The summed E-state index contributed by atoms with van der Waals surface area (Å²) in [5.41, 5.74) is 2.54. The molecule has 132 valence electrons. The van der Waals surface area contributed by atoms with Gasteiger partial charge >= 0.3 is 0 Å². The van der Waals surface area contributed by atoms with Crippen molar-refractivity contribution >= 4 is 35.0 Å². The molecule has 0 bridgehead atoms. The standard InChI is InChI=1S/C19H20ClFN2OS/c1-13-2-4-14(5-3-13)18-12-25-9-8-23(18)11-19(24)22-17-10-15(20)6-7-16(17)21/h2-7,10,18H,8-9,11-12H2,1H3,(H,22,24). The van der Waals surface area contributed by atoms with Crippen LogP contribution < -0.4 is 5.32 Å². The van der Waals surface area contributed by atoms with Crippen LogP contribution in [0.2, 0.25) is 5.02 Å². The van der Waals surface area contributed by atoms with Crippen LogP contribution in [0.5, 0.6) is 0 Å². The Morgan fingerprint density at radius 1 is 1.32 bits per heavy atom. The maximum absolute atomic E-state index is 13.8. The number of benzene rings is 2. The molecule has 3 nitrogen and oxygen atoms in total. The Kier molecular flexibility index (Phi) is 5.99. The Morgan fingerprint density at radius 3 is 2.84 bits per heavy atom. The second-order valence-corrected chi connectivity index (χ2v) is 7.73. The molecule has 1 heterocycles. The summed E-state index contributed by atoms with van der Waals surface area (Å²) in [6.07, 6.45) is 0. The average molecular weight is 379 g/mol. The second-order valence-electron chi connectivity index (χ2n) is 6.14. The molecule has 6 heteroatoms. The predicted molar refractivity (Wildman–Crippen MR) is 103 cm³/mol. The van der Waals surface area contributed by atoms with Crippen molar-refractivity contribution < 1.29 is 9.18 Å². The lowest BCUT2D eigenvalue weighted by Gasteiger charge is -2.35. The Morgan fingerprint density at radius 2 is 2.08 bits per heavy atom. The summed E-state index contributed by atoms with van der Waals surface area (Å²) < 4.78 is 13.8. The van der Waals surface area contributed by atoms with Crippen molar-refractivity contribution in [2.75, 3.05) is 29.9 Å². The quantitative estimate of drug-likeness (QED) is 0.849. The molecule has 0 saturated carbocycles. The first kappa shape index (κ1) is 18.2. The van der Waals surface area contributed by atoms with Crippen LogP contribution in [0.4, 0.5) is 10.1 Å². The van der Waals surface area contributed by atoms with Crippen LogP contribution in [0.25, 0.3) is 0 Å². The maximum atomic E-state index is 13.8. The molecule has 1 aliphatic heterocycles. The monoisotopic (exact) mass is 378 g/mol. The Balaban J connectivity index is 1.69. The van der Waals surface area contributed by atoms with E-state index in [1.165, 1.54) is 29.3 Å². The first-order valence-corrected chi connectivity index (χ1v) is 9.69. The molecule has 0 aliphatic carbocycles. The SMILES string of the molecule is Cc1ccc(C2CSCCN2CC(=O)Nc2cc(Cl)ccc2F)cc1. The fourth-order valence-electron chi connectivity index (χ4n) is 2.89. The smallest absolute Gasteiger partial charge is 0.238 e. The highest BCUT2D eigenvalue weighted by Crippen LogP contribution is 2.29. The predicted octanol–water partition coefficient (Wildman–Crippen LogP) is 4.52. The molecule has 25 heavy (non-hydrogen) atoms. The van der Waals surface area contributed by atoms with Crippen molar-refractivity contribution in [2.24, 2.45) is 0 Å². The normalized spacial score (nSPS) is 18.1. The molecule has 1 atom stereocenters. The minimum atomic E-state index is -0.484. The number of hydrogen-bond donors (Lipinski definition) is 1. The van der Waals surface area contributed by atoms with Gasteiger partial charge in [0.05, 0.1) is 12.2 Å². The van der Waals surface area contributed by atoms with Crippen molar-refractivity contribution in [1.29, 1.82) is 0 Å². The number of nitrogens with zero attached hydrogens (tertiary/aromatic N) is 1. The number of amides is 1. The van der Waals surface area contributed by atoms with E-state index in [4.69, 9.17) is 11.6 Å². The lowest BCUT2D eigenvalue weighted by Crippen LogP contribution is -2.41. The van der Waals surface area contributed by atoms with Crippen molar-refractivity contribution in [3.63, 3.8) is 0 Å². The Labute approximate surface area is 156 Å². The van der Waals surface area contributed by atoms with Gasteiger partial charge in [-0.25, -0.2) is 4.39 Å². The van der Waals surface area contributed by atoms with E-state index >= 15 is 0 Å². The number of hydrogen-bond acceptors (Lipinski definition) is 3. The van der Waals surface area contributed by atoms with E-state index in [0.29, 0.717) is 5.02 Å². The van der Waals surface area contributed by atoms with E-state index in [1.54, 1.807) is 0 Å². The van der Waals surface area contributed by atoms with E-state index in [2.05, 4.69) is 41.4 Å². The zero-order valence-corrected chi connectivity index (χ0v) is 15.5. The highest BCUT2D eigenvalue weighted by atomic mass is 35.5. The number of rotatable bonds is 4. The zero-order chi connectivity index (χ0) is 17.8. The first-order chi connectivity index (χ1) is 12.0. The van der Waals surface area contributed by atoms with E-state index in [9.17, 15) is 9.18 Å². The summed E-state index contributed by atoms with van der Waals surface area (Å²) in [4.78, 5) is 14.6. The van der Waals surface area contributed by atoms with E-state index < -0.39 is 5.82 Å². The molecule has 0 spiro atoms. The fourth-order valence-corrected chi connectivity index (χ4v) is 4.22. The molecule has 1 saturated heterocycles. The number of carbonyl (C=O) groups excluding carboxylic acids is 1. The fraction of sp³-hybridized carbons (Fsp3) is 0.316. The zero-order valence-electron chi connectivity index (χ0n) is 14.0. The summed E-state index contributed by atoms with van der Waals surface area (Å²) in [6.45, 7) is 3.11. The molecule has 0 radical (unpaired) electrons. The molecule has 2 aromatic rings. The van der Waals surface area contributed by atoms with Gasteiger partial charge in [0, 0.05) is 29.1 Å². The molecule has 1 unspecified atom stereocenters. The minimum absolute atomic E-state index is 0.121. The molecule has 3 rings (SSSR count). The molecular weight excluding hydrogens is 359 g/mol. The highest BCUT2D eigenvalue weighted by Gasteiger charge is 2.26. The van der Waals surface area contributed by atoms with Gasteiger partial charge in [0.2, 0.25) is 5.91 Å². The number of halogens is 2. The van der Waals surface area contributed by atoms with Gasteiger partial charge in [-0.05, 0) is 30.7 Å². The van der Waals surface area contributed by atoms with Crippen LogP contribution in [0.3, 0.4) is 0 Å². The van der Waals surface area contributed by atoms with Gasteiger partial charge in [0.15, 0.2) is 0 Å². The van der Waals surface area contributed by atoms with Gasteiger partial charge in [-0.15, -0.1) is 0 Å². The van der Waals surface area contributed by atoms with Crippen molar-refractivity contribution in [2.45, 2.75) is 13.0 Å².